The van der Waals surface area contributed by atoms with E-state index in [1.54, 1.807) is 0 Å². The Labute approximate surface area is 240 Å². The Bertz CT molecular complexity index is 866. The first-order valence-electron chi connectivity index (χ1n) is 13.8. The van der Waals surface area contributed by atoms with Gasteiger partial charge in [0, 0.05) is 18.6 Å². The van der Waals surface area contributed by atoms with Crippen LogP contribution in [-0.2, 0) is 28.4 Å². The maximum absolute atomic E-state index is 11.1. The minimum absolute atomic E-state index is 0.0642. The Hall–Kier alpha value is -0.760. The molecule has 19 atom stereocenters. The zero-order valence-electron chi connectivity index (χ0n) is 22.7. The fraction of sp³-hybridized carbons (Fsp3) is 1.00. The van der Waals surface area contributed by atoms with Crippen molar-refractivity contribution in [3.63, 3.8) is 0 Å². The Balaban J connectivity index is 1.50. The Morgan fingerprint density at radius 3 is 1.55 bits per heavy atom. The Morgan fingerprint density at radius 1 is 0.524 bits per heavy atom. The molecule has 4 fully saturated rings. The standard InChI is InChI=1S/C23H45N5O14/c24-2-7-13(32)15(34)10(27)21(37-7)41-19-9(4-30)39-23(17(19)36)42-20-12(31)5(25)1-6(26)18(20)40-22-11(28)16(35)14(33)8(3-29)38-22/h5-23,29-36H,1-4,24-28H2/t5-,6?,7+,8?,9-,10?,11?,12?,13-,14-,15?,16-,17+,18-,19+,20-,21-,22+,23?/m1/s1. The number of hydrogen-bond acceptors (Lipinski definition) is 19. The van der Waals surface area contributed by atoms with Gasteiger partial charge in [-0.3, -0.25) is 0 Å². The van der Waals surface area contributed by atoms with Crippen LogP contribution in [0.25, 0.3) is 0 Å². The molecule has 0 aromatic carbocycles. The van der Waals surface area contributed by atoms with Crippen LogP contribution in [0.5, 0.6) is 0 Å². The van der Waals surface area contributed by atoms with Crippen LogP contribution < -0.4 is 28.7 Å². The first-order chi connectivity index (χ1) is 19.8. The molecular formula is C23H45N5O14. The van der Waals surface area contributed by atoms with Crippen molar-refractivity contribution in [1.82, 2.24) is 0 Å². The van der Waals surface area contributed by atoms with Gasteiger partial charge in [0.25, 0.3) is 0 Å². The maximum atomic E-state index is 11.1. The quantitative estimate of drug-likeness (QED) is 0.114. The summed E-state index contributed by atoms with van der Waals surface area (Å²) in [4.78, 5) is 0. The molecule has 0 radical (unpaired) electrons. The van der Waals surface area contributed by atoms with Crippen LogP contribution in [0.1, 0.15) is 6.42 Å². The van der Waals surface area contributed by atoms with Crippen LogP contribution in [0.4, 0.5) is 0 Å². The fourth-order valence-corrected chi connectivity index (χ4v) is 5.70. The van der Waals surface area contributed by atoms with E-state index >= 15 is 0 Å². The molecule has 18 N–H and O–H groups in total. The molecular weight excluding hydrogens is 570 g/mol. The Kier molecular flexibility index (Phi) is 11.5. The van der Waals surface area contributed by atoms with E-state index in [1.807, 2.05) is 0 Å². The summed E-state index contributed by atoms with van der Waals surface area (Å²) in [5.74, 6) is 0. The number of ether oxygens (including phenoxy) is 6. The third-order valence-corrected chi connectivity index (χ3v) is 8.32. The number of nitrogens with two attached hydrogens (primary N) is 5. The van der Waals surface area contributed by atoms with Gasteiger partial charge in [-0.1, -0.05) is 0 Å². The van der Waals surface area contributed by atoms with Gasteiger partial charge in [-0.05, 0) is 6.42 Å². The molecule has 4 aliphatic rings. The molecule has 246 valence electrons. The van der Waals surface area contributed by atoms with Crippen molar-refractivity contribution in [2.75, 3.05) is 19.8 Å². The molecule has 3 aliphatic heterocycles. The smallest absolute Gasteiger partial charge is 0.187 e. The van der Waals surface area contributed by atoms with Gasteiger partial charge in [0.1, 0.15) is 67.1 Å². The summed E-state index contributed by atoms with van der Waals surface area (Å²) in [5.41, 5.74) is 29.9. The van der Waals surface area contributed by atoms with Crippen molar-refractivity contribution in [3.8, 4) is 0 Å². The van der Waals surface area contributed by atoms with Gasteiger partial charge >= 0.3 is 0 Å². The second kappa shape index (κ2) is 14.1. The maximum Gasteiger partial charge on any atom is 0.187 e. The summed E-state index contributed by atoms with van der Waals surface area (Å²) in [7, 11) is 0. The van der Waals surface area contributed by atoms with Gasteiger partial charge in [0.2, 0.25) is 0 Å². The molecule has 19 nitrogen and oxygen atoms in total. The first kappa shape index (κ1) is 34.1. The van der Waals surface area contributed by atoms with E-state index < -0.39 is 129 Å². The van der Waals surface area contributed by atoms with Gasteiger partial charge in [-0.2, -0.15) is 0 Å². The molecule has 7 unspecified atom stereocenters. The number of aliphatic hydroxyl groups excluding tert-OH is 8. The van der Waals surface area contributed by atoms with E-state index in [1.165, 1.54) is 0 Å². The van der Waals surface area contributed by atoms with Crippen molar-refractivity contribution < 1.29 is 69.3 Å². The molecule has 0 amide bonds. The monoisotopic (exact) mass is 615 g/mol. The van der Waals surface area contributed by atoms with Crippen molar-refractivity contribution in [1.29, 1.82) is 0 Å². The highest BCUT2D eigenvalue weighted by atomic mass is 16.8. The van der Waals surface area contributed by atoms with Crippen molar-refractivity contribution in [2.24, 2.45) is 28.7 Å². The van der Waals surface area contributed by atoms with Gasteiger partial charge in [-0.25, -0.2) is 0 Å². The van der Waals surface area contributed by atoms with Crippen molar-refractivity contribution in [2.45, 2.75) is 123 Å². The molecule has 0 aromatic rings. The molecule has 0 aromatic heterocycles. The van der Waals surface area contributed by atoms with Gasteiger partial charge in [0.05, 0.1) is 31.4 Å². The van der Waals surface area contributed by atoms with E-state index in [9.17, 15) is 40.9 Å². The third kappa shape index (κ3) is 6.60. The SMILES string of the molecule is NC[C@@H]1O[C@H](O[C@@H]2[C@H](O)C(O[C@@H]3C(O)[C@H](N)CC(N)[C@H]3O[C@@H]3OC(CO)[C@@H](O)[C@H](O)C3N)O[C@@H]2CO)C(N)C(O)[C@@H]1O. The average Bonchev–Trinajstić information content (AvgIpc) is 3.27. The molecule has 42 heavy (non-hydrogen) atoms. The highest BCUT2D eigenvalue weighted by molar-refractivity contribution is 5.02. The summed E-state index contributed by atoms with van der Waals surface area (Å²) in [6, 6.07) is -4.30. The predicted molar refractivity (Wildman–Crippen MR) is 136 cm³/mol. The van der Waals surface area contributed by atoms with Gasteiger partial charge in [0.15, 0.2) is 18.9 Å². The molecule has 0 bridgehead atoms. The van der Waals surface area contributed by atoms with E-state index in [0.717, 1.165) is 0 Å². The van der Waals surface area contributed by atoms with Gasteiger partial charge < -0.3 is 97.9 Å². The third-order valence-electron chi connectivity index (χ3n) is 8.32. The van der Waals surface area contributed by atoms with E-state index in [2.05, 4.69) is 0 Å². The second-order valence-corrected chi connectivity index (χ2v) is 11.2. The van der Waals surface area contributed by atoms with Crippen LogP contribution in [0, 0.1) is 0 Å². The summed E-state index contributed by atoms with van der Waals surface area (Å²) >= 11 is 0. The van der Waals surface area contributed by atoms with E-state index in [4.69, 9.17) is 57.1 Å². The summed E-state index contributed by atoms with van der Waals surface area (Å²) in [5, 5.41) is 82.3. The minimum atomic E-state index is -1.62. The number of hydrogen-bond donors (Lipinski definition) is 13. The highest BCUT2D eigenvalue weighted by Crippen LogP contribution is 2.34. The lowest BCUT2D eigenvalue weighted by atomic mass is 9.84. The minimum Gasteiger partial charge on any atom is -0.394 e. The largest absolute Gasteiger partial charge is 0.394 e. The van der Waals surface area contributed by atoms with Gasteiger partial charge in [-0.15, -0.1) is 0 Å². The first-order valence-corrected chi connectivity index (χ1v) is 13.8. The molecule has 1 saturated carbocycles. The molecule has 0 spiro atoms. The zero-order valence-corrected chi connectivity index (χ0v) is 22.7. The topological polar surface area (TPSA) is 347 Å². The number of rotatable bonds is 9. The normalized spacial score (nSPS) is 53.8. The zero-order chi connectivity index (χ0) is 31.0. The second-order valence-electron chi connectivity index (χ2n) is 11.2. The lowest BCUT2D eigenvalue weighted by molar-refractivity contribution is -0.310. The molecule has 3 saturated heterocycles. The van der Waals surface area contributed by atoms with E-state index in [0.29, 0.717) is 0 Å². The molecule has 4 rings (SSSR count). The van der Waals surface area contributed by atoms with Crippen LogP contribution >= 0.6 is 0 Å². The summed E-state index contributed by atoms with van der Waals surface area (Å²) in [6.07, 6.45) is -20.5. The molecule has 19 heteroatoms. The molecule has 1 aliphatic carbocycles. The lowest BCUT2D eigenvalue weighted by Crippen LogP contribution is -2.68. The Morgan fingerprint density at radius 2 is 1.00 bits per heavy atom. The van der Waals surface area contributed by atoms with Crippen LogP contribution in [0.2, 0.25) is 0 Å². The highest BCUT2D eigenvalue weighted by Gasteiger charge is 2.54. The number of aliphatic hydroxyl groups is 8. The fourth-order valence-electron chi connectivity index (χ4n) is 5.70. The average molecular weight is 616 g/mol. The summed E-state index contributed by atoms with van der Waals surface area (Å²) in [6.45, 7) is -1.49. The van der Waals surface area contributed by atoms with Crippen molar-refractivity contribution >= 4 is 0 Å². The van der Waals surface area contributed by atoms with Crippen LogP contribution in [-0.4, -0.2) is 177 Å². The van der Waals surface area contributed by atoms with E-state index in [-0.39, 0.29) is 13.0 Å². The summed E-state index contributed by atoms with van der Waals surface area (Å²) < 4.78 is 34.4. The van der Waals surface area contributed by atoms with Crippen LogP contribution in [0.15, 0.2) is 0 Å². The lowest BCUT2D eigenvalue weighted by Gasteiger charge is -2.47. The predicted octanol–water partition coefficient (Wildman–Crippen LogP) is -8.86. The van der Waals surface area contributed by atoms with Crippen LogP contribution in [0.3, 0.4) is 0 Å². The van der Waals surface area contributed by atoms with Crippen molar-refractivity contribution in [3.05, 3.63) is 0 Å². The molecule has 3 heterocycles.